The van der Waals surface area contributed by atoms with Crippen LogP contribution in [-0.2, 0) is 0 Å². The Balaban J connectivity index is 4.59. The third-order valence-electron chi connectivity index (χ3n) is 2.81. The molecular formula is C11H24O4. The second-order valence-electron chi connectivity index (χ2n) is 4.79. The van der Waals surface area contributed by atoms with Gasteiger partial charge in [0.25, 0.3) is 0 Å². The van der Waals surface area contributed by atoms with Crippen molar-refractivity contribution in [1.29, 1.82) is 0 Å². The quantitative estimate of drug-likeness (QED) is 0.518. The minimum absolute atomic E-state index is 0.272. The molecule has 0 unspecified atom stereocenters. The van der Waals surface area contributed by atoms with Gasteiger partial charge in [-0.05, 0) is 32.6 Å². The van der Waals surface area contributed by atoms with Crippen LogP contribution in [0.5, 0.6) is 0 Å². The number of hydrogen-bond donors (Lipinski definition) is 4. The zero-order chi connectivity index (χ0) is 12.2. The van der Waals surface area contributed by atoms with E-state index in [1.165, 1.54) is 13.8 Å². The normalized spacial score (nSPS) is 22.2. The first-order chi connectivity index (χ1) is 6.71. The summed E-state index contributed by atoms with van der Waals surface area (Å²) in [6.45, 7) is 6.81. The Morgan fingerprint density at radius 2 is 1.47 bits per heavy atom. The average Bonchev–Trinajstić information content (AvgIpc) is 2.12. The van der Waals surface area contributed by atoms with Crippen molar-refractivity contribution < 1.29 is 20.4 Å². The molecule has 0 aromatic carbocycles. The third kappa shape index (κ3) is 4.07. The lowest BCUT2D eigenvalue weighted by Crippen LogP contribution is -2.55. The second-order valence-corrected chi connectivity index (χ2v) is 4.79. The highest BCUT2D eigenvalue weighted by atomic mass is 16.4. The molecule has 0 saturated carbocycles. The Bertz CT molecular complexity index is 179. The Morgan fingerprint density at radius 1 is 1.00 bits per heavy atom. The fraction of sp³-hybridized carbons (Fsp3) is 1.00. The van der Waals surface area contributed by atoms with E-state index >= 15 is 0 Å². The number of aliphatic hydroxyl groups is 4. The molecule has 0 fully saturated rings. The maximum absolute atomic E-state index is 10.1. The first-order valence-corrected chi connectivity index (χ1v) is 5.48. The van der Waals surface area contributed by atoms with Crippen LogP contribution in [0.15, 0.2) is 0 Å². The molecule has 92 valence electrons. The van der Waals surface area contributed by atoms with E-state index in [1.54, 1.807) is 0 Å². The van der Waals surface area contributed by atoms with Crippen molar-refractivity contribution >= 4 is 0 Å². The highest BCUT2D eigenvalue weighted by Gasteiger charge is 2.42. The van der Waals surface area contributed by atoms with Crippen LogP contribution in [0.3, 0.4) is 0 Å². The Hall–Kier alpha value is -0.160. The van der Waals surface area contributed by atoms with E-state index in [4.69, 9.17) is 0 Å². The largest absolute Gasteiger partial charge is 0.391 e. The van der Waals surface area contributed by atoms with Gasteiger partial charge in [-0.3, -0.25) is 0 Å². The van der Waals surface area contributed by atoms with Gasteiger partial charge < -0.3 is 20.4 Å². The molecule has 0 aliphatic rings. The molecule has 0 radical (unpaired) electrons. The molecule has 0 amide bonds. The van der Waals surface area contributed by atoms with Gasteiger partial charge in [-0.15, -0.1) is 0 Å². The van der Waals surface area contributed by atoms with Gasteiger partial charge in [0.15, 0.2) is 0 Å². The molecular weight excluding hydrogens is 196 g/mol. The van der Waals surface area contributed by atoms with E-state index in [-0.39, 0.29) is 6.42 Å². The molecule has 4 N–H and O–H groups in total. The van der Waals surface area contributed by atoms with Crippen LogP contribution in [0.2, 0.25) is 0 Å². The number of aliphatic hydroxyl groups excluding tert-OH is 3. The summed E-state index contributed by atoms with van der Waals surface area (Å²) in [6, 6.07) is 0. The number of hydrogen-bond acceptors (Lipinski definition) is 4. The summed E-state index contributed by atoms with van der Waals surface area (Å²) < 4.78 is 0. The predicted octanol–water partition coefficient (Wildman–Crippen LogP) is 0.276. The molecule has 4 heteroatoms. The minimum atomic E-state index is -1.63. The van der Waals surface area contributed by atoms with Crippen LogP contribution in [0.1, 0.15) is 40.5 Å². The van der Waals surface area contributed by atoms with E-state index < -0.39 is 23.9 Å². The minimum Gasteiger partial charge on any atom is -0.391 e. The molecule has 0 aromatic rings. The summed E-state index contributed by atoms with van der Waals surface area (Å²) >= 11 is 0. The Kier molecular flexibility index (Phi) is 5.73. The molecule has 0 aliphatic carbocycles. The topological polar surface area (TPSA) is 80.9 Å². The molecule has 0 rings (SSSR count). The van der Waals surface area contributed by atoms with Crippen LogP contribution in [0.25, 0.3) is 0 Å². The summed E-state index contributed by atoms with van der Waals surface area (Å²) in [4.78, 5) is 0. The zero-order valence-electron chi connectivity index (χ0n) is 10.0. The second kappa shape index (κ2) is 5.80. The Labute approximate surface area is 91.6 Å². The summed E-state index contributed by atoms with van der Waals surface area (Å²) in [5, 5.41) is 38.5. The van der Waals surface area contributed by atoms with Gasteiger partial charge in [0.05, 0.1) is 12.2 Å². The van der Waals surface area contributed by atoms with E-state index in [9.17, 15) is 20.4 Å². The van der Waals surface area contributed by atoms with Gasteiger partial charge in [0, 0.05) is 0 Å². The van der Waals surface area contributed by atoms with Crippen LogP contribution >= 0.6 is 0 Å². The van der Waals surface area contributed by atoms with Gasteiger partial charge in [0.1, 0.15) is 11.7 Å². The SMILES string of the molecule is CC(C)CC[C@](O)([C@H](C)O)[C@@H](O)[C@@H](C)O. The summed E-state index contributed by atoms with van der Waals surface area (Å²) in [5.41, 5.74) is -1.63. The van der Waals surface area contributed by atoms with Crippen molar-refractivity contribution in [2.75, 3.05) is 0 Å². The Morgan fingerprint density at radius 3 is 1.73 bits per heavy atom. The van der Waals surface area contributed by atoms with E-state index in [0.717, 1.165) is 0 Å². The summed E-state index contributed by atoms with van der Waals surface area (Å²) in [7, 11) is 0. The van der Waals surface area contributed by atoms with Crippen LogP contribution in [-0.4, -0.2) is 44.3 Å². The molecule has 4 nitrogen and oxygen atoms in total. The van der Waals surface area contributed by atoms with Crippen molar-refractivity contribution in [1.82, 2.24) is 0 Å². The van der Waals surface area contributed by atoms with Crippen molar-refractivity contribution in [3.8, 4) is 0 Å². The fourth-order valence-corrected chi connectivity index (χ4v) is 1.54. The highest BCUT2D eigenvalue weighted by Crippen LogP contribution is 2.26. The molecule has 15 heavy (non-hydrogen) atoms. The van der Waals surface area contributed by atoms with Gasteiger partial charge in [-0.1, -0.05) is 13.8 Å². The number of rotatable bonds is 6. The first-order valence-electron chi connectivity index (χ1n) is 5.48. The molecule has 0 aromatic heterocycles. The standard InChI is InChI=1S/C11H24O4/c1-7(2)5-6-11(15,9(4)13)10(14)8(3)12/h7-10,12-15H,5-6H2,1-4H3/t8-,9+,10+,11+/m1/s1. The zero-order valence-corrected chi connectivity index (χ0v) is 10.0. The summed E-state index contributed by atoms with van der Waals surface area (Å²) in [5.74, 6) is 0.372. The lowest BCUT2D eigenvalue weighted by molar-refractivity contribution is -0.174. The predicted molar refractivity (Wildman–Crippen MR) is 58.4 cm³/mol. The maximum Gasteiger partial charge on any atom is 0.118 e. The molecule has 0 heterocycles. The smallest absolute Gasteiger partial charge is 0.118 e. The summed E-state index contributed by atoms with van der Waals surface area (Å²) in [6.07, 6.45) is -2.49. The van der Waals surface area contributed by atoms with Crippen molar-refractivity contribution in [3.05, 3.63) is 0 Å². The van der Waals surface area contributed by atoms with Crippen LogP contribution < -0.4 is 0 Å². The van der Waals surface area contributed by atoms with E-state index in [2.05, 4.69) is 0 Å². The van der Waals surface area contributed by atoms with Crippen molar-refractivity contribution in [2.24, 2.45) is 5.92 Å². The molecule has 0 aliphatic heterocycles. The molecule has 0 bridgehead atoms. The lowest BCUT2D eigenvalue weighted by Gasteiger charge is -2.37. The monoisotopic (exact) mass is 220 g/mol. The average molecular weight is 220 g/mol. The highest BCUT2D eigenvalue weighted by molar-refractivity contribution is 4.93. The maximum atomic E-state index is 10.1. The van der Waals surface area contributed by atoms with E-state index in [1.807, 2.05) is 13.8 Å². The van der Waals surface area contributed by atoms with Gasteiger partial charge in [0.2, 0.25) is 0 Å². The first kappa shape index (κ1) is 14.8. The fourth-order valence-electron chi connectivity index (χ4n) is 1.54. The molecule has 0 saturated heterocycles. The van der Waals surface area contributed by atoms with Crippen molar-refractivity contribution in [2.45, 2.75) is 64.4 Å². The molecule has 0 spiro atoms. The van der Waals surface area contributed by atoms with Gasteiger partial charge in [-0.2, -0.15) is 0 Å². The van der Waals surface area contributed by atoms with Gasteiger partial charge >= 0.3 is 0 Å². The van der Waals surface area contributed by atoms with E-state index in [0.29, 0.717) is 12.3 Å². The lowest BCUT2D eigenvalue weighted by atomic mass is 9.82. The van der Waals surface area contributed by atoms with Crippen molar-refractivity contribution in [3.63, 3.8) is 0 Å². The molecule has 4 atom stereocenters. The van der Waals surface area contributed by atoms with Crippen LogP contribution in [0.4, 0.5) is 0 Å². The van der Waals surface area contributed by atoms with Crippen LogP contribution in [0, 0.1) is 5.92 Å². The third-order valence-corrected chi connectivity index (χ3v) is 2.81. The van der Waals surface area contributed by atoms with Gasteiger partial charge in [-0.25, -0.2) is 0 Å².